The molecule has 0 aliphatic heterocycles. The van der Waals surface area contributed by atoms with Gasteiger partial charge in [-0.3, -0.25) is 0 Å². The van der Waals surface area contributed by atoms with Crippen LogP contribution in [0.15, 0.2) is 36.4 Å². The zero-order valence-electron chi connectivity index (χ0n) is 7.90. The molecule has 1 aromatic rings. The Balaban J connectivity index is 2.38. The Bertz CT molecular complexity index is 387. The first-order valence-corrected chi connectivity index (χ1v) is 4.69. The molecule has 14 heavy (non-hydrogen) atoms. The van der Waals surface area contributed by atoms with Gasteiger partial charge < -0.3 is 5.73 Å². The highest BCUT2D eigenvalue weighted by atomic mass is 14.5. The van der Waals surface area contributed by atoms with Gasteiger partial charge in [0.25, 0.3) is 0 Å². The topological polar surface area (TPSA) is 49.8 Å². The van der Waals surface area contributed by atoms with Gasteiger partial charge >= 0.3 is 0 Å². The Labute approximate surface area is 83.7 Å². The zero-order chi connectivity index (χ0) is 10.0. The maximum Gasteiger partial charge on any atom is 0.0890 e. The van der Waals surface area contributed by atoms with Crippen LogP contribution in [-0.2, 0) is 5.41 Å². The summed E-state index contributed by atoms with van der Waals surface area (Å²) in [6.07, 6.45) is 5.76. The van der Waals surface area contributed by atoms with Crippen molar-refractivity contribution >= 4 is 5.69 Å². The molecular formula is C12H12N2. The molecule has 1 aromatic carbocycles. The van der Waals surface area contributed by atoms with E-state index in [9.17, 15) is 5.26 Å². The molecule has 2 rings (SSSR count). The number of nitrogens with zero attached hydrogens (tertiary/aromatic N) is 1. The Morgan fingerprint density at radius 2 is 1.71 bits per heavy atom. The van der Waals surface area contributed by atoms with E-state index in [2.05, 4.69) is 18.2 Å². The molecule has 0 aromatic heterocycles. The summed E-state index contributed by atoms with van der Waals surface area (Å²) in [4.78, 5) is 0. The molecule has 0 heterocycles. The molecule has 1 aliphatic carbocycles. The van der Waals surface area contributed by atoms with Crippen molar-refractivity contribution < 1.29 is 0 Å². The quantitative estimate of drug-likeness (QED) is 0.538. The molecule has 0 saturated carbocycles. The highest BCUT2D eigenvalue weighted by Crippen LogP contribution is 2.36. The van der Waals surface area contributed by atoms with E-state index in [-0.39, 0.29) is 5.41 Å². The van der Waals surface area contributed by atoms with Gasteiger partial charge in [-0.1, -0.05) is 24.3 Å². The molecular weight excluding hydrogens is 172 g/mol. The standard InChI is InChI=1S/C12H12N2/c13-9-12(7-1-2-8-12)10-3-5-11(14)6-4-10/h1-6H,7-8,14H2. The summed E-state index contributed by atoms with van der Waals surface area (Å²) in [7, 11) is 0. The van der Waals surface area contributed by atoms with Gasteiger partial charge in [-0.15, -0.1) is 0 Å². The van der Waals surface area contributed by atoms with Gasteiger partial charge in [0.05, 0.1) is 11.5 Å². The molecule has 0 fully saturated rings. The average molecular weight is 184 g/mol. The normalized spacial score (nSPS) is 17.9. The predicted octanol–water partition coefficient (Wildman–Crippen LogP) is 2.38. The minimum absolute atomic E-state index is 0.340. The van der Waals surface area contributed by atoms with E-state index in [1.54, 1.807) is 0 Å². The van der Waals surface area contributed by atoms with Gasteiger partial charge in [-0.25, -0.2) is 0 Å². The van der Waals surface area contributed by atoms with Gasteiger partial charge in [-0.05, 0) is 30.5 Å². The summed E-state index contributed by atoms with van der Waals surface area (Å²) < 4.78 is 0. The molecule has 0 atom stereocenters. The van der Waals surface area contributed by atoms with Crippen LogP contribution in [0, 0.1) is 11.3 Å². The van der Waals surface area contributed by atoms with E-state index < -0.39 is 0 Å². The van der Waals surface area contributed by atoms with Crippen molar-refractivity contribution in [2.45, 2.75) is 18.3 Å². The summed E-state index contributed by atoms with van der Waals surface area (Å²) >= 11 is 0. The van der Waals surface area contributed by atoms with E-state index in [1.807, 2.05) is 24.3 Å². The number of rotatable bonds is 1. The van der Waals surface area contributed by atoms with Gasteiger partial charge in [0.15, 0.2) is 0 Å². The summed E-state index contributed by atoms with van der Waals surface area (Å²) in [5.41, 5.74) is 7.08. The molecule has 0 saturated heterocycles. The number of benzene rings is 1. The van der Waals surface area contributed by atoms with Crippen molar-refractivity contribution in [2.75, 3.05) is 5.73 Å². The van der Waals surface area contributed by atoms with Crippen molar-refractivity contribution in [1.29, 1.82) is 5.26 Å². The van der Waals surface area contributed by atoms with Gasteiger partial charge in [0.1, 0.15) is 0 Å². The number of hydrogen-bond acceptors (Lipinski definition) is 2. The third-order valence-electron chi connectivity index (χ3n) is 2.78. The van der Waals surface area contributed by atoms with Gasteiger partial charge in [-0.2, -0.15) is 5.26 Å². The maximum atomic E-state index is 9.22. The number of nitrogens with two attached hydrogens (primary N) is 1. The smallest absolute Gasteiger partial charge is 0.0890 e. The third-order valence-corrected chi connectivity index (χ3v) is 2.78. The summed E-state index contributed by atoms with van der Waals surface area (Å²) in [5, 5.41) is 9.22. The van der Waals surface area contributed by atoms with Crippen LogP contribution in [0.3, 0.4) is 0 Å². The SMILES string of the molecule is N#CC1(c2ccc(N)cc2)CC=CC1. The molecule has 70 valence electrons. The van der Waals surface area contributed by atoms with Crippen LogP contribution in [0.4, 0.5) is 5.69 Å². The molecule has 2 heteroatoms. The molecule has 0 spiro atoms. The van der Waals surface area contributed by atoms with E-state index in [0.29, 0.717) is 0 Å². The fraction of sp³-hybridized carbons (Fsp3) is 0.250. The molecule has 0 radical (unpaired) electrons. The molecule has 2 N–H and O–H groups in total. The van der Waals surface area contributed by atoms with Crippen LogP contribution in [0.1, 0.15) is 18.4 Å². The zero-order valence-corrected chi connectivity index (χ0v) is 7.90. The molecule has 0 bridgehead atoms. The van der Waals surface area contributed by atoms with Crippen molar-refractivity contribution in [1.82, 2.24) is 0 Å². The first kappa shape index (κ1) is 8.83. The number of nitrogen functional groups attached to an aromatic ring is 1. The first-order valence-electron chi connectivity index (χ1n) is 4.69. The Kier molecular flexibility index (Phi) is 2.01. The van der Waals surface area contributed by atoms with Crippen LogP contribution in [0.2, 0.25) is 0 Å². The average Bonchev–Trinajstić information content (AvgIpc) is 2.68. The second-order valence-corrected chi connectivity index (χ2v) is 3.70. The summed E-state index contributed by atoms with van der Waals surface area (Å²) in [6.45, 7) is 0. The minimum atomic E-state index is -0.340. The van der Waals surface area contributed by atoms with Crippen molar-refractivity contribution in [3.05, 3.63) is 42.0 Å². The van der Waals surface area contributed by atoms with E-state index >= 15 is 0 Å². The fourth-order valence-electron chi connectivity index (χ4n) is 1.85. The lowest BCUT2D eigenvalue weighted by atomic mass is 9.80. The monoisotopic (exact) mass is 184 g/mol. The Morgan fingerprint density at radius 1 is 1.14 bits per heavy atom. The molecule has 1 aliphatic rings. The minimum Gasteiger partial charge on any atom is -0.399 e. The fourth-order valence-corrected chi connectivity index (χ4v) is 1.85. The number of allylic oxidation sites excluding steroid dienone is 2. The Hall–Kier alpha value is -1.75. The van der Waals surface area contributed by atoms with E-state index in [0.717, 1.165) is 24.1 Å². The number of nitriles is 1. The largest absolute Gasteiger partial charge is 0.399 e. The number of hydrogen-bond donors (Lipinski definition) is 1. The van der Waals surface area contributed by atoms with Crippen LogP contribution >= 0.6 is 0 Å². The van der Waals surface area contributed by atoms with Crippen LogP contribution in [0.5, 0.6) is 0 Å². The second kappa shape index (κ2) is 3.19. The van der Waals surface area contributed by atoms with Crippen molar-refractivity contribution in [3.8, 4) is 6.07 Å². The van der Waals surface area contributed by atoms with Crippen LogP contribution in [0.25, 0.3) is 0 Å². The number of anilines is 1. The highest BCUT2D eigenvalue weighted by Gasteiger charge is 2.32. The van der Waals surface area contributed by atoms with Crippen molar-refractivity contribution in [3.63, 3.8) is 0 Å². The van der Waals surface area contributed by atoms with Gasteiger partial charge in [0.2, 0.25) is 0 Å². The van der Waals surface area contributed by atoms with Crippen molar-refractivity contribution in [2.24, 2.45) is 0 Å². The molecule has 2 nitrogen and oxygen atoms in total. The summed E-state index contributed by atoms with van der Waals surface area (Å²) in [6, 6.07) is 10.0. The Morgan fingerprint density at radius 3 is 2.21 bits per heavy atom. The summed E-state index contributed by atoms with van der Waals surface area (Å²) in [5.74, 6) is 0. The highest BCUT2D eigenvalue weighted by molar-refractivity contribution is 5.45. The lowest BCUT2D eigenvalue weighted by Gasteiger charge is -2.20. The van der Waals surface area contributed by atoms with Crippen LogP contribution in [-0.4, -0.2) is 0 Å². The lowest BCUT2D eigenvalue weighted by molar-refractivity contribution is 0.597. The van der Waals surface area contributed by atoms with E-state index in [1.165, 1.54) is 0 Å². The van der Waals surface area contributed by atoms with E-state index in [4.69, 9.17) is 5.73 Å². The van der Waals surface area contributed by atoms with Crippen LogP contribution < -0.4 is 5.73 Å². The lowest BCUT2D eigenvalue weighted by Crippen LogP contribution is -2.19. The third kappa shape index (κ3) is 1.27. The second-order valence-electron chi connectivity index (χ2n) is 3.70. The maximum absolute atomic E-state index is 9.22. The molecule has 0 amide bonds. The first-order chi connectivity index (χ1) is 6.77. The van der Waals surface area contributed by atoms with Gasteiger partial charge in [0, 0.05) is 5.69 Å². The predicted molar refractivity (Wildman–Crippen MR) is 56.5 cm³/mol. The molecule has 0 unspecified atom stereocenters.